The van der Waals surface area contributed by atoms with Gasteiger partial charge in [0.2, 0.25) is 0 Å². The van der Waals surface area contributed by atoms with Crippen molar-refractivity contribution in [2.45, 2.75) is 39.3 Å². The molecule has 1 fully saturated rings. The lowest BCUT2D eigenvalue weighted by atomic mass is 10.0. The van der Waals surface area contributed by atoms with Crippen LogP contribution in [0.5, 0.6) is 0 Å². The minimum absolute atomic E-state index is 0.249. The average Bonchev–Trinajstić information content (AvgIpc) is 2.12. The lowest BCUT2D eigenvalue weighted by Crippen LogP contribution is -2.59. The van der Waals surface area contributed by atoms with E-state index in [0.717, 1.165) is 32.8 Å². The van der Waals surface area contributed by atoms with Crippen LogP contribution in [-0.2, 0) is 4.74 Å². The zero-order valence-electron chi connectivity index (χ0n) is 9.97. The lowest BCUT2D eigenvalue weighted by Gasteiger charge is -2.42. The van der Waals surface area contributed by atoms with Gasteiger partial charge in [0, 0.05) is 37.8 Å². The molecular weight excluding hydrogens is 176 g/mol. The molecule has 0 saturated carbocycles. The zero-order chi connectivity index (χ0) is 10.6. The monoisotopic (exact) mass is 200 g/mol. The summed E-state index contributed by atoms with van der Waals surface area (Å²) in [6, 6.07) is 0.538. The highest BCUT2D eigenvalue weighted by molar-refractivity contribution is 4.88. The van der Waals surface area contributed by atoms with Gasteiger partial charge in [-0.15, -0.1) is 0 Å². The smallest absolute Gasteiger partial charge is 0.0619 e. The average molecular weight is 200 g/mol. The molecule has 1 atom stereocenters. The van der Waals surface area contributed by atoms with Crippen molar-refractivity contribution in [2.24, 2.45) is 0 Å². The van der Waals surface area contributed by atoms with Crippen LogP contribution in [0.4, 0.5) is 0 Å². The Labute approximate surface area is 87.8 Å². The molecule has 0 bridgehead atoms. The molecule has 0 aromatic heterocycles. The van der Waals surface area contributed by atoms with Crippen LogP contribution >= 0.6 is 0 Å². The largest absolute Gasteiger partial charge is 0.380 e. The fourth-order valence-corrected chi connectivity index (χ4v) is 1.95. The second-order valence-corrected chi connectivity index (χ2v) is 4.79. The highest BCUT2D eigenvalue weighted by atomic mass is 16.5. The van der Waals surface area contributed by atoms with Crippen LogP contribution < -0.4 is 5.32 Å². The van der Waals surface area contributed by atoms with Gasteiger partial charge in [-0.25, -0.2) is 0 Å². The Hall–Kier alpha value is -0.120. The third kappa shape index (κ3) is 3.56. The molecule has 0 aliphatic carbocycles. The van der Waals surface area contributed by atoms with Crippen molar-refractivity contribution in [3.8, 4) is 0 Å². The molecule has 3 nitrogen and oxygen atoms in total. The number of hydrogen-bond donors (Lipinski definition) is 1. The molecule has 0 amide bonds. The van der Waals surface area contributed by atoms with Gasteiger partial charge in [-0.3, -0.25) is 4.90 Å². The quantitative estimate of drug-likeness (QED) is 0.735. The Morgan fingerprint density at radius 1 is 1.50 bits per heavy atom. The van der Waals surface area contributed by atoms with Gasteiger partial charge in [0.05, 0.1) is 6.61 Å². The molecule has 0 aromatic carbocycles. The normalized spacial score (nSPS) is 24.9. The van der Waals surface area contributed by atoms with Crippen molar-refractivity contribution < 1.29 is 4.74 Å². The minimum Gasteiger partial charge on any atom is -0.380 e. The lowest BCUT2D eigenvalue weighted by molar-refractivity contribution is 0.0458. The molecule has 0 radical (unpaired) electrons. The van der Waals surface area contributed by atoms with Crippen LogP contribution in [0.2, 0.25) is 0 Å². The van der Waals surface area contributed by atoms with Crippen LogP contribution in [0.1, 0.15) is 27.7 Å². The molecular formula is C11H24N2O. The first kappa shape index (κ1) is 12.0. The summed E-state index contributed by atoms with van der Waals surface area (Å²) in [4.78, 5) is 2.51. The van der Waals surface area contributed by atoms with Crippen molar-refractivity contribution >= 4 is 0 Å². The first-order valence-electron chi connectivity index (χ1n) is 5.62. The SMILES string of the molecule is CCOCC(C)N1CCNC(C)(C)C1. The maximum absolute atomic E-state index is 5.45. The second-order valence-electron chi connectivity index (χ2n) is 4.79. The summed E-state index contributed by atoms with van der Waals surface area (Å²) in [6.45, 7) is 13.8. The van der Waals surface area contributed by atoms with Gasteiger partial charge in [-0.1, -0.05) is 0 Å². The molecule has 1 saturated heterocycles. The van der Waals surface area contributed by atoms with Crippen molar-refractivity contribution in [2.75, 3.05) is 32.8 Å². The van der Waals surface area contributed by atoms with Gasteiger partial charge in [-0.2, -0.15) is 0 Å². The van der Waals surface area contributed by atoms with Gasteiger partial charge in [0.15, 0.2) is 0 Å². The third-order valence-electron chi connectivity index (χ3n) is 2.79. The van der Waals surface area contributed by atoms with Crippen LogP contribution in [0.3, 0.4) is 0 Å². The second kappa shape index (κ2) is 5.10. The van der Waals surface area contributed by atoms with E-state index in [9.17, 15) is 0 Å². The van der Waals surface area contributed by atoms with Crippen LogP contribution in [0.15, 0.2) is 0 Å². The summed E-state index contributed by atoms with van der Waals surface area (Å²) in [5, 5.41) is 3.52. The number of nitrogens with one attached hydrogen (secondary N) is 1. The summed E-state index contributed by atoms with van der Waals surface area (Å²) in [5.74, 6) is 0. The predicted molar refractivity (Wildman–Crippen MR) is 59.6 cm³/mol. The zero-order valence-corrected chi connectivity index (χ0v) is 9.97. The highest BCUT2D eigenvalue weighted by Gasteiger charge is 2.28. The standard InChI is InChI=1S/C11H24N2O/c1-5-14-8-10(2)13-7-6-12-11(3,4)9-13/h10,12H,5-9H2,1-4H3. The van der Waals surface area contributed by atoms with E-state index in [0.29, 0.717) is 6.04 Å². The molecule has 1 aliphatic heterocycles. The van der Waals surface area contributed by atoms with Gasteiger partial charge in [-0.05, 0) is 27.7 Å². The Balaban J connectivity index is 2.35. The third-order valence-corrected chi connectivity index (χ3v) is 2.79. The first-order valence-corrected chi connectivity index (χ1v) is 5.62. The maximum Gasteiger partial charge on any atom is 0.0619 e. The molecule has 0 aromatic rings. The predicted octanol–water partition coefficient (Wildman–Crippen LogP) is 1.10. The molecule has 1 heterocycles. The van der Waals surface area contributed by atoms with Gasteiger partial charge in [0.1, 0.15) is 0 Å². The summed E-state index contributed by atoms with van der Waals surface area (Å²) in [6.07, 6.45) is 0. The molecule has 1 aliphatic rings. The van der Waals surface area contributed by atoms with Gasteiger partial charge in [0.25, 0.3) is 0 Å². The number of ether oxygens (including phenoxy) is 1. The molecule has 0 spiro atoms. The highest BCUT2D eigenvalue weighted by Crippen LogP contribution is 2.12. The van der Waals surface area contributed by atoms with E-state index in [1.54, 1.807) is 0 Å². The molecule has 1 unspecified atom stereocenters. The molecule has 3 heteroatoms. The van der Waals surface area contributed by atoms with Crippen LogP contribution in [-0.4, -0.2) is 49.3 Å². The fraction of sp³-hybridized carbons (Fsp3) is 1.00. The van der Waals surface area contributed by atoms with E-state index in [1.165, 1.54) is 0 Å². The van der Waals surface area contributed by atoms with E-state index < -0.39 is 0 Å². The van der Waals surface area contributed by atoms with E-state index in [-0.39, 0.29) is 5.54 Å². The summed E-state index contributed by atoms with van der Waals surface area (Å²) in [7, 11) is 0. The topological polar surface area (TPSA) is 24.5 Å². The van der Waals surface area contributed by atoms with Gasteiger partial charge >= 0.3 is 0 Å². The van der Waals surface area contributed by atoms with Crippen LogP contribution in [0.25, 0.3) is 0 Å². The molecule has 14 heavy (non-hydrogen) atoms. The Morgan fingerprint density at radius 3 is 2.79 bits per heavy atom. The van der Waals surface area contributed by atoms with E-state index >= 15 is 0 Å². The van der Waals surface area contributed by atoms with Crippen LogP contribution in [0, 0.1) is 0 Å². The van der Waals surface area contributed by atoms with Crippen molar-refractivity contribution in [3.05, 3.63) is 0 Å². The first-order chi connectivity index (χ1) is 6.55. The molecule has 84 valence electrons. The molecule has 1 rings (SSSR count). The minimum atomic E-state index is 0.249. The van der Waals surface area contributed by atoms with E-state index in [1.807, 2.05) is 0 Å². The summed E-state index contributed by atoms with van der Waals surface area (Å²) in [5.41, 5.74) is 0.249. The summed E-state index contributed by atoms with van der Waals surface area (Å²) >= 11 is 0. The van der Waals surface area contributed by atoms with Crippen molar-refractivity contribution in [3.63, 3.8) is 0 Å². The maximum atomic E-state index is 5.45. The van der Waals surface area contributed by atoms with Gasteiger partial charge < -0.3 is 10.1 Å². The Morgan fingerprint density at radius 2 is 2.21 bits per heavy atom. The fourth-order valence-electron chi connectivity index (χ4n) is 1.95. The molecule has 1 N–H and O–H groups in total. The van der Waals surface area contributed by atoms with E-state index in [4.69, 9.17) is 4.74 Å². The van der Waals surface area contributed by atoms with E-state index in [2.05, 4.69) is 37.9 Å². The number of hydrogen-bond acceptors (Lipinski definition) is 3. The Bertz CT molecular complexity index is 171. The summed E-state index contributed by atoms with van der Waals surface area (Å²) < 4.78 is 5.45. The Kier molecular flexibility index (Phi) is 4.35. The number of rotatable bonds is 4. The van der Waals surface area contributed by atoms with Crippen molar-refractivity contribution in [1.29, 1.82) is 0 Å². The van der Waals surface area contributed by atoms with Crippen molar-refractivity contribution in [1.82, 2.24) is 10.2 Å². The number of nitrogens with zero attached hydrogens (tertiary/aromatic N) is 1. The number of piperazine rings is 1.